The molecule has 2 aromatic rings. The molecule has 0 aliphatic carbocycles. The summed E-state index contributed by atoms with van der Waals surface area (Å²) < 4.78 is 5.61. The van der Waals surface area contributed by atoms with E-state index in [1.54, 1.807) is 0 Å². The maximum atomic E-state index is 5.93. The van der Waals surface area contributed by atoms with Crippen LogP contribution in [0, 0.1) is 6.92 Å². The molecule has 0 saturated heterocycles. The van der Waals surface area contributed by atoms with Crippen LogP contribution >= 0.6 is 11.6 Å². The smallest absolute Gasteiger partial charge is 0.119 e. The maximum absolute atomic E-state index is 5.93. The number of benzene rings is 2. The van der Waals surface area contributed by atoms with E-state index in [-0.39, 0.29) is 0 Å². The number of nitrogens with one attached hydrogen (secondary N) is 1. The van der Waals surface area contributed by atoms with E-state index < -0.39 is 0 Å². The normalized spacial score (nSPS) is 10.4. The Bertz CT molecular complexity index is 513. The van der Waals surface area contributed by atoms with Gasteiger partial charge >= 0.3 is 0 Å². The molecule has 3 heteroatoms. The molecule has 0 amide bonds. The zero-order valence-corrected chi connectivity index (χ0v) is 11.8. The molecular formula is C16H18ClNO. The second-order valence-electron chi connectivity index (χ2n) is 4.41. The number of rotatable bonds is 6. The quantitative estimate of drug-likeness (QED) is 0.810. The maximum Gasteiger partial charge on any atom is 0.119 e. The van der Waals surface area contributed by atoms with Crippen molar-refractivity contribution >= 4 is 11.6 Å². The van der Waals surface area contributed by atoms with Crippen molar-refractivity contribution in [1.82, 2.24) is 5.32 Å². The van der Waals surface area contributed by atoms with Gasteiger partial charge in [0.25, 0.3) is 0 Å². The number of hydrogen-bond donors (Lipinski definition) is 1. The van der Waals surface area contributed by atoms with Crippen LogP contribution in [0.4, 0.5) is 0 Å². The third-order valence-corrected chi connectivity index (χ3v) is 3.15. The van der Waals surface area contributed by atoms with Gasteiger partial charge in [-0.1, -0.05) is 35.9 Å². The zero-order chi connectivity index (χ0) is 13.5. The number of hydrogen-bond acceptors (Lipinski definition) is 2. The summed E-state index contributed by atoms with van der Waals surface area (Å²) in [6, 6.07) is 15.8. The molecule has 0 saturated carbocycles. The first-order chi connectivity index (χ1) is 9.25. The van der Waals surface area contributed by atoms with E-state index >= 15 is 0 Å². The number of halogens is 1. The fourth-order valence-electron chi connectivity index (χ4n) is 1.84. The second kappa shape index (κ2) is 7.17. The molecule has 0 heterocycles. The van der Waals surface area contributed by atoms with Gasteiger partial charge in [-0.2, -0.15) is 0 Å². The summed E-state index contributed by atoms with van der Waals surface area (Å²) in [5.74, 6) is 0.909. The van der Waals surface area contributed by atoms with Gasteiger partial charge < -0.3 is 10.1 Å². The van der Waals surface area contributed by atoms with Gasteiger partial charge in [-0.3, -0.25) is 0 Å². The summed E-state index contributed by atoms with van der Waals surface area (Å²) in [6.45, 7) is 4.39. The van der Waals surface area contributed by atoms with Gasteiger partial charge in [0.2, 0.25) is 0 Å². The average Bonchev–Trinajstić information content (AvgIpc) is 2.42. The molecule has 2 rings (SSSR count). The topological polar surface area (TPSA) is 21.3 Å². The van der Waals surface area contributed by atoms with Crippen LogP contribution < -0.4 is 10.1 Å². The summed E-state index contributed by atoms with van der Waals surface area (Å²) in [5.41, 5.74) is 2.48. The van der Waals surface area contributed by atoms with Crippen molar-refractivity contribution in [1.29, 1.82) is 0 Å². The van der Waals surface area contributed by atoms with Gasteiger partial charge in [-0.25, -0.2) is 0 Å². The molecule has 0 spiro atoms. The van der Waals surface area contributed by atoms with Crippen molar-refractivity contribution in [2.45, 2.75) is 13.5 Å². The van der Waals surface area contributed by atoms with Crippen LogP contribution in [-0.4, -0.2) is 13.2 Å². The summed E-state index contributed by atoms with van der Waals surface area (Å²) in [6.07, 6.45) is 0. The van der Waals surface area contributed by atoms with Crippen LogP contribution in [0.25, 0.3) is 0 Å². The summed E-state index contributed by atoms with van der Waals surface area (Å²) in [4.78, 5) is 0. The first-order valence-corrected chi connectivity index (χ1v) is 6.77. The van der Waals surface area contributed by atoms with E-state index in [1.165, 1.54) is 11.1 Å². The lowest BCUT2D eigenvalue weighted by Gasteiger charge is -2.09. The molecule has 100 valence electrons. The highest BCUT2D eigenvalue weighted by Crippen LogP contribution is 2.14. The highest BCUT2D eigenvalue weighted by atomic mass is 35.5. The Balaban J connectivity index is 1.69. The molecule has 19 heavy (non-hydrogen) atoms. The van der Waals surface area contributed by atoms with Crippen molar-refractivity contribution in [2.75, 3.05) is 13.2 Å². The van der Waals surface area contributed by atoms with Crippen molar-refractivity contribution < 1.29 is 4.74 Å². The van der Waals surface area contributed by atoms with Crippen LogP contribution in [0.15, 0.2) is 48.5 Å². The SMILES string of the molecule is Cc1cc(Cl)ccc1CNCCOc1ccccc1. The van der Waals surface area contributed by atoms with Gasteiger partial charge in [0.15, 0.2) is 0 Å². The highest BCUT2D eigenvalue weighted by molar-refractivity contribution is 6.30. The van der Waals surface area contributed by atoms with E-state index in [1.807, 2.05) is 42.5 Å². The molecule has 0 bridgehead atoms. The lowest BCUT2D eigenvalue weighted by atomic mass is 10.1. The van der Waals surface area contributed by atoms with Crippen LogP contribution in [0.2, 0.25) is 5.02 Å². The third-order valence-electron chi connectivity index (χ3n) is 2.91. The van der Waals surface area contributed by atoms with E-state index in [9.17, 15) is 0 Å². The van der Waals surface area contributed by atoms with Crippen LogP contribution in [0.3, 0.4) is 0 Å². The first-order valence-electron chi connectivity index (χ1n) is 6.39. The molecule has 0 fully saturated rings. The van der Waals surface area contributed by atoms with E-state index in [0.717, 1.165) is 23.9 Å². The van der Waals surface area contributed by atoms with Gasteiger partial charge in [-0.15, -0.1) is 0 Å². The summed E-state index contributed by atoms with van der Waals surface area (Å²) >= 11 is 5.93. The average molecular weight is 276 g/mol. The molecule has 0 radical (unpaired) electrons. The van der Waals surface area contributed by atoms with Crippen LogP contribution in [0.5, 0.6) is 5.75 Å². The Labute approximate surface area is 119 Å². The Morgan fingerprint density at radius 3 is 2.63 bits per heavy atom. The predicted molar refractivity (Wildman–Crippen MR) is 79.8 cm³/mol. The first kappa shape index (κ1) is 13.9. The predicted octanol–water partition coefficient (Wildman–Crippen LogP) is 3.82. The van der Waals surface area contributed by atoms with Gasteiger partial charge in [0.05, 0.1) is 0 Å². The van der Waals surface area contributed by atoms with E-state index in [0.29, 0.717) is 6.61 Å². The summed E-state index contributed by atoms with van der Waals surface area (Å²) in [7, 11) is 0. The lowest BCUT2D eigenvalue weighted by molar-refractivity contribution is 0.313. The van der Waals surface area contributed by atoms with Crippen LogP contribution in [-0.2, 0) is 6.54 Å². The number of ether oxygens (including phenoxy) is 1. The molecular weight excluding hydrogens is 258 g/mol. The third kappa shape index (κ3) is 4.58. The molecule has 0 atom stereocenters. The largest absolute Gasteiger partial charge is 0.492 e. The van der Waals surface area contributed by atoms with Crippen molar-refractivity contribution in [3.05, 3.63) is 64.7 Å². The Kier molecular flexibility index (Phi) is 5.25. The lowest BCUT2D eigenvalue weighted by Crippen LogP contribution is -2.21. The standard InChI is InChI=1S/C16H18ClNO/c1-13-11-15(17)8-7-14(13)12-18-9-10-19-16-5-3-2-4-6-16/h2-8,11,18H,9-10,12H2,1H3. The minimum Gasteiger partial charge on any atom is -0.492 e. The van der Waals surface area contributed by atoms with E-state index in [4.69, 9.17) is 16.3 Å². The molecule has 0 unspecified atom stereocenters. The Morgan fingerprint density at radius 1 is 1.11 bits per heavy atom. The van der Waals surface area contributed by atoms with E-state index in [2.05, 4.69) is 18.3 Å². The zero-order valence-electron chi connectivity index (χ0n) is 11.0. The molecule has 0 aliphatic rings. The Hall–Kier alpha value is -1.51. The fraction of sp³-hybridized carbons (Fsp3) is 0.250. The number of para-hydroxylation sites is 1. The molecule has 2 aromatic carbocycles. The minimum absolute atomic E-state index is 0.663. The monoisotopic (exact) mass is 275 g/mol. The van der Waals surface area contributed by atoms with Gasteiger partial charge in [0.1, 0.15) is 12.4 Å². The Morgan fingerprint density at radius 2 is 1.89 bits per heavy atom. The van der Waals surface area contributed by atoms with Crippen molar-refractivity contribution in [3.63, 3.8) is 0 Å². The molecule has 0 aromatic heterocycles. The molecule has 1 N–H and O–H groups in total. The van der Waals surface area contributed by atoms with Gasteiger partial charge in [-0.05, 0) is 42.3 Å². The minimum atomic E-state index is 0.663. The van der Waals surface area contributed by atoms with Crippen LogP contribution in [0.1, 0.15) is 11.1 Å². The van der Waals surface area contributed by atoms with Crippen molar-refractivity contribution in [3.8, 4) is 5.75 Å². The second-order valence-corrected chi connectivity index (χ2v) is 4.85. The van der Waals surface area contributed by atoms with Gasteiger partial charge in [0, 0.05) is 18.1 Å². The molecule has 0 aliphatic heterocycles. The number of aryl methyl sites for hydroxylation is 1. The fourth-order valence-corrected chi connectivity index (χ4v) is 2.07. The molecule has 2 nitrogen and oxygen atoms in total. The van der Waals surface area contributed by atoms with Crippen molar-refractivity contribution in [2.24, 2.45) is 0 Å². The highest BCUT2D eigenvalue weighted by Gasteiger charge is 1.99. The summed E-state index contributed by atoms with van der Waals surface area (Å²) in [5, 5.41) is 4.15.